The maximum Gasteiger partial charge on any atom is 0.337 e. The molecule has 0 radical (unpaired) electrons. The lowest BCUT2D eigenvalue weighted by Gasteiger charge is -2.06. The number of rotatable bonds is 2. The average molecular weight is 198 g/mol. The summed E-state index contributed by atoms with van der Waals surface area (Å²) in [6.07, 6.45) is 0. The number of aromatic carboxylic acids is 1. The standard InChI is InChI=1S/C9H9NO4/c1-5(11)10-8-4-6(12)2-3-7(8)9(13)14/h2-4,12H,1H3,(H,10,11)(H,13,14)/i1D3. The normalized spacial score (nSPS) is 13.6. The molecule has 0 fully saturated rings. The molecule has 5 heteroatoms. The largest absolute Gasteiger partial charge is 0.508 e. The number of aromatic hydroxyl groups is 1. The summed E-state index contributed by atoms with van der Waals surface area (Å²) in [6.45, 7) is -2.89. The first-order valence-corrected chi connectivity index (χ1v) is 3.59. The number of benzene rings is 1. The Labute approximate surface area is 84.2 Å². The molecule has 1 aromatic rings. The first kappa shape index (κ1) is 6.42. The van der Waals surface area contributed by atoms with Crippen molar-refractivity contribution in [1.82, 2.24) is 0 Å². The van der Waals surface area contributed by atoms with E-state index in [0.717, 1.165) is 18.2 Å². The molecule has 1 rings (SSSR count). The van der Waals surface area contributed by atoms with Crippen molar-refractivity contribution in [1.29, 1.82) is 0 Å². The van der Waals surface area contributed by atoms with Gasteiger partial charge >= 0.3 is 5.97 Å². The maximum absolute atomic E-state index is 11.2. The highest BCUT2D eigenvalue weighted by atomic mass is 16.4. The monoisotopic (exact) mass is 198 g/mol. The molecule has 0 saturated carbocycles. The van der Waals surface area contributed by atoms with Crippen LogP contribution in [0.4, 0.5) is 5.69 Å². The SMILES string of the molecule is [2H]C([2H])([2H])C(=O)Nc1cc(O)ccc1C(=O)O. The number of carbonyl (C=O) groups excluding carboxylic acids is 1. The van der Waals surface area contributed by atoms with Gasteiger partial charge in [0, 0.05) is 17.0 Å². The second-order valence-electron chi connectivity index (χ2n) is 2.49. The highest BCUT2D eigenvalue weighted by Gasteiger charge is 2.11. The van der Waals surface area contributed by atoms with Crippen molar-refractivity contribution < 1.29 is 23.9 Å². The Bertz CT molecular complexity index is 470. The van der Waals surface area contributed by atoms with E-state index < -0.39 is 18.7 Å². The van der Waals surface area contributed by atoms with Gasteiger partial charge in [-0.1, -0.05) is 0 Å². The quantitative estimate of drug-likeness (QED) is 0.662. The van der Waals surface area contributed by atoms with Gasteiger partial charge in [0.05, 0.1) is 11.3 Å². The van der Waals surface area contributed by atoms with Crippen LogP contribution < -0.4 is 5.32 Å². The molecule has 74 valence electrons. The van der Waals surface area contributed by atoms with Gasteiger partial charge in [-0.25, -0.2) is 4.79 Å². The number of nitrogens with one attached hydrogen (secondary N) is 1. The molecule has 3 N–H and O–H groups in total. The van der Waals surface area contributed by atoms with Crippen molar-refractivity contribution in [3.8, 4) is 5.75 Å². The molecule has 0 aliphatic heterocycles. The minimum atomic E-state index is -2.89. The number of carbonyl (C=O) groups is 2. The third kappa shape index (κ3) is 2.22. The Morgan fingerprint density at radius 1 is 1.50 bits per heavy atom. The van der Waals surface area contributed by atoms with E-state index >= 15 is 0 Å². The highest BCUT2D eigenvalue weighted by molar-refractivity contribution is 6.00. The van der Waals surface area contributed by atoms with Crippen LogP contribution >= 0.6 is 0 Å². The maximum atomic E-state index is 11.2. The van der Waals surface area contributed by atoms with Gasteiger partial charge in [-0.3, -0.25) is 4.79 Å². The summed E-state index contributed by atoms with van der Waals surface area (Å²) in [5.41, 5.74) is -0.570. The summed E-state index contributed by atoms with van der Waals surface area (Å²) >= 11 is 0. The topological polar surface area (TPSA) is 86.6 Å². The van der Waals surface area contributed by atoms with Crippen LogP contribution in [0.1, 0.15) is 21.3 Å². The summed E-state index contributed by atoms with van der Waals surface area (Å²) in [7, 11) is 0. The summed E-state index contributed by atoms with van der Waals surface area (Å²) in [6, 6.07) is 3.15. The van der Waals surface area contributed by atoms with Gasteiger partial charge in [-0.05, 0) is 12.1 Å². The molecule has 0 saturated heterocycles. The number of carboxylic acids is 1. The Balaban J connectivity index is 3.09. The van der Waals surface area contributed by atoms with E-state index in [2.05, 4.69) is 0 Å². The summed E-state index contributed by atoms with van der Waals surface area (Å²) in [4.78, 5) is 22.0. The Morgan fingerprint density at radius 3 is 2.79 bits per heavy atom. The zero-order chi connectivity index (χ0) is 13.2. The van der Waals surface area contributed by atoms with E-state index in [4.69, 9.17) is 14.3 Å². The van der Waals surface area contributed by atoms with Crippen molar-refractivity contribution >= 4 is 17.6 Å². The van der Waals surface area contributed by atoms with Crippen molar-refractivity contribution in [2.75, 3.05) is 5.32 Å². The molecular formula is C9H9NO4. The Morgan fingerprint density at radius 2 is 2.21 bits per heavy atom. The van der Waals surface area contributed by atoms with E-state index in [1.165, 1.54) is 0 Å². The third-order valence-corrected chi connectivity index (χ3v) is 1.48. The predicted molar refractivity (Wildman–Crippen MR) is 49.4 cm³/mol. The minimum Gasteiger partial charge on any atom is -0.508 e. The first-order valence-electron chi connectivity index (χ1n) is 5.09. The van der Waals surface area contributed by atoms with Crippen LogP contribution in [0.15, 0.2) is 18.2 Å². The van der Waals surface area contributed by atoms with E-state index in [1.807, 2.05) is 5.32 Å². The van der Waals surface area contributed by atoms with Crippen LogP contribution in [0.25, 0.3) is 0 Å². The van der Waals surface area contributed by atoms with Gasteiger partial charge in [0.1, 0.15) is 5.75 Å². The average Bonchev–Trinajstić information content (AvgIpc) is 2.15. The molecule has 0 bridgehead atoms. The van der Waals surface area contributed by atoms with Gasteiger partial charge in [-0.2, -0.15) is 0 Å². The van der Waals surface area contributed by atoms with Crippen molar-refractivity contribution in [3.05, 3.63) is 23.8 Å². The molecule has 0 atom stereocenters. The molecule has 0 spiro atoms. The highest BCUT2D eigenvalue weighted by Crippen LogP contribution is 2.21. The van der Waals surface area contributed by atoms with Crippen molar-refractivity contribution in [2.45, 2.75) is 6.85 Å². The third-order valence-electron chi connectivity index (χ3n) is 1.48. The Hall–Kier alpha value is -2.04. The number of hydrogen-bond donors (Lipinski definition) is 3. The smallest absolute Gasteiger partial charge is 0.337 e. The summed E-state index contributed by atoms with van der Waals surface area (Å²) in [5, 5.41) is 19.9. The van der Waals surface area contributed by atoms with E-state index in [9.17, 15) is 9.59 Å². The Kier molecular flexibility index (Phi) is 1.73. The van der Waals surface area contributed by atoms with Crippen LogP contribution in [0.3, 0.4) is 0 Å². The molecule has 0 aromatic heterocycles. The van der Waals surface area contributed by atoms with Crippen molar-refractivity contribution in [2.24, 2.45) is 0 Å². The fourth-order valence-corrected chi connectivity index (χ4v) is 0.944. The zero-order valence-electron chi connectivity index (χ0n) is 9.94. The minimum absolute atomic E-state index is 0.265. The van der Waals surface area contributed by atoms with Gasteiger partial charge in [0.15, 0.2) is 0 Å². The van der Waals surface area contributed by atoms with Crippen LogP contribution in [0, 0.1) is 0 Å². The van der Waals surface area contributed by atoms with Crippen LogP contribution in [-0.2, 0) is 4.79 Å². The number of phenols is 1. The van der Waals surface area contributed by atoms with Crippen LogP contribution in [0.5, 0.6) is 5.75 Å². The number of phenolic OH excluding ortho intramolecular Hbond substituents is 1. The molecule has 1 aromatic carbocycles. The second kappa shape index (κ2) is 3.78. The van der Waals surface area contributed by atoms with Crippen LogP contribution in [-0.4, -0.2) is 22.1 Å². The lowest BCUT2D eigenvalue weighted by Crippen LogP contribution is -2.10. The molecule has 0 aliphatic rings. The van der Waals surface area contributed by atoms with Gasteiger partial charge in [0.25, 0.3) is 0 Å². The molecule has 0 heterocycles. The molecule has 0 aliphatic carbocycles. The zero-order valence-corrected chi connectivity index (χ0v) is 6.94. The van der Waals surface area contributed by atoms with Crippen molar-refractivity contribution in [3.63, 3.8) is 0 Å². The summed E-state index contributed by atoms with van der Waals surface area (Å²) in [5.74, 6) is -2.94. The van der Waals surface area contributed by atoms with Gasteiger partial charge < -0.3 is 15.5 Å². The molecule has 5 nitrogen and oxygen atoms in total. The van der Waals surface area contributed by atoms with E-state index in [0.29, 0.717) is 0 Å². The lowest BCUT2D eigenvalue weighted by molar-refractivity contribution is -0.114. The number of hydrogen-bond acceptors (Lipinski definition) is 3. The lowest BCUT2D eigenvalue weighted by atomic mass is 10.1. The van der Waals surface area contributed by atoms with Gasteiger partial charge in [-0.15, -0.1) is 0 Å². The second-order valence-corrected chi connectivity index (χ2v) is 2.49. The number of carboxylic acid groups (broad SMARTS) is 1. The first-order chi connectivity index (χ1) is 7.71. The predicted octanol–water partition coefficient (Wildman–Crippen LogP) is 1.05. The van der Waals surface area contributed by atoms with E-state index in [-0.39, 0.29) is 17.0 Å². The molecular weight excluding hydrogens is 186 g/mol. The molecule has 0 unspecified atom stereocenters. The number of anilines is 1. The fourth-order valence-electron chi connectivity index (χ4n) is 0.944. The molecule has 14 heavy (non-hydrogen) atoms. The van der Waals surface area contributed by atoms with Gasteiger partial charge in [0.2, 0.25) is 5.91 Å². The molecule has 1 amide bonds. The fraction of sp³-hybridized carbons (Fsp3) is 0.111. The van der Waals surface area contributed by atoms with Crippen LogP contribution in [0.2, 0.25) is 0 Å². The number of amides is 1. The van der Waals surface area contributed by atoms with E-state index in [1.54, 1.807) is 0 Å². The summed E-state index contributed by atoms with van der Waals surface area (Å²) < 4.78 is 20.5.